The molecule has 0 saturated carbocycles. The number of nitro benzene ring substituents is 1. The molecular weight excluding hydrogens is 258 g/mol. The maximum Gasteiger partial charge on any atom is 0.282 e. The fourth-order valence-electron chi connectivity index (χ4n) is 2.75. The van der Waals surface area contributed by atoms with Gasteiger partial charge in [0.1, 0.15) is 5.56 Å². The van der Waals surface area contributed by atoms with Crippen LogP contribution < -0.4 is 5.73 Å². The van der Waals surface area contributed by atoms with Gasteiger partial charge in [-0.1, -0.05) is 6.92 Å². The van der Waals surface area contributed by atoms with Crippen LogP contribution in [0.4, 0.5) is 11.4 Å². The van der Waals surface area contributed by atoms with Gasteiger partial charge in [-0.15, -0.1) is 0 Å². The summed E-state index contributed by atoms with van der Waals surface area (Å²) < 4.78 is 0. The number of amides is 1. The molecule has 2 N–H and O–H groups in total. The van der Waals surface area contributed by atoms with Crippen LogP contribution >= 0.6 is 0 Å². The fraction of sp³-hybridized carbons (Fsp3) is 0.500. The first-order valence-electron chi connectivity index (χ1n) is 6.75. The van der Waals surface area contributed by atoms with Crippen molar-refractivity contribution in [2.45, 2.75) is 32.7 Å². The molecule has 6 heteroatoms. The van der Waals surface area contributed by atoms with Gasteiger partial charge < -0.3 is 10.6 Å². The minimum absolute atomic E-state index is 0.0800. The molecule has 0 aliphatic carbocycles. The van der Waals surface area contributed by atoms with Crippen LogP contribution in [0.15, 0.2) is 18.2 Å². The van der Waals surface area contributed by atoms with Crippen LogP contribution in [0.1, 0.15) is 37.0 Å². The number of piperidine rings is 1. The van der Waals surface area contributed by atoms with E-state index >= 15 is 0 Å². The molecule has 1 aromatic carbocycles. The molecule has 0 radical (unpaired) electrons. The normalized spacial score (nSPS) is 22.6. The molecule has 0 spiro atoms. The lowest BCUT2D eigenvalue weighted by molar-refractivity contribution is -0.385. The molecule has 1 aromatic rings. The number of benzene rings is 1. The van der Waals surface area contributed by atoms with Crippen LogP contribution in [0.2, 0.25) is 0 Å². The summed E-state index contributed by atoms with van der Waals surface area (Å²) in [5.41, 5.74) is 5.91. The molecule has 6 nitrogen and oxygen atoms in total. The highest BCUT2D eigenvalue weighted by Gasteiger charge is 2.31. The summed E-state index contributed by atoms with van der Waals surface area (Å²) in [5, 5.41) is 11.0. The van der Waals surface area contributed by atoms with E-state index in [9.17, 15) is 14.9 Å². The maximum absolute atomic E-state index is 12.6. The largest absolute Gasteiger partial charge is 0.399 e. The van der Waals surface area contributed by atoms with Crippen molar-refractivity contribution >= 4 is 17.3 Å². The van der Waals surface area contributed by atoms with Crippen LogP contribution in [0.5, 0.6) is 0 Å². The van der Waals surface area contributed by atoms with E-state index in [1.807, 2.05) is 6.92 Å². The van der Waals surface area contributed by atoms with Crippen molar-refractivity contribution in [2.24, 2.45) is 5.92 Å². The smallest absolute Gasteiger partial charge is 0.282 e. The number of anilines is 1. The lowest BCUT2D eigenvalue weighted by atomic mass is 9.92. The fourth-order valence-corrected chi connectivity index (χ4v) is 2.75. The lowest BCUT2D eigenvalue weighted by Gasteiger charge is -2.36. The van der Waals surface area contributed by atoms with E-state index in [4.69, 9.17) is 5.73 Å². The number of carbonyl (C=O) groups excluding carboxylic acids is 1. The number of hydrogen-bond donors (Lipinski definition) is 1. The van der Waals surface area contributed by atoms with Crippen molar-refractivity contribution in [3.63, 3.8) is 0 Å². The number of hydrogen-bond acceptors (Lipinski definition) is 4. The molecule has 1 fully saturated rings. The van der Waals surface area contributed by atoms with E-state index in [0.717, 1.165) is 12.8 Å². The third-order valence-corrected chi connectivity index (χ3v) is 3.85. The van der Waals surface area contributed by atoms with Crippen LogP contribution in [0.25, 0.3) is 0 Å². The highest BCUT2D eigenvalue weighted by molar-refractivity contribution is 5.99. The molecule has 1 aliphatic rings. The number of nitrogen functional groups attached to an aromatic ring is 1. The Hall–Kier alpha value is -2.11. The van der Waals surface area contributed by atoms with Gasteiger partial charge in [0.25, 0.3) is 11.6 Å². The average Bonchev–Trinajstić information content (AvgIpc) is 2.37. The second kappa shape index (κ2) is 5.48. The Kier molecular flexibility index (Phi) is 3.92. The first kappa shape index (κ1) is 14.3. The summed E-state index contributed by atoms with van der Waals surface area (Å²) in [6.07, 6.45) is 1.84. The standard InChI is InChI=1S/C14H19N3O3/c1-9-5-6-16(10(2)7-9)14(18)12-8-11(15)3-4-13(12)17(19)20/h3-4,8-10H,5-7,15H2,1-2H3. The predicted molar refractivity (Wildman–Crippen MR) is 76.4 cm³/mol. The van der Waals surface area contributed by atoms with Gasteiger partial charge in [0.2, 0.25) is 0 Å². The van der Waals surface area contributed by atoms with Crippen molar-refractivity contribution in [1.29, 1.82) is 0 Å². The van der Waals surface area contributed by atoms with E-state index in [1.54, 1.807) is 4.90 Å². The van der Waals surface area contributed by atoms with Crippen LogP contribution in [-0.2, 0) is 0 Å². The quantitative estimate of drug-likeness (QED) is 0.510. The molecule has 0 aromatic heterocycles. The Morgan fingerprint density at radius 2 is 2.15 bits per heavy atom. The Balaban J connectivity index is 2.33. The number of nitro groups is 1. The number of rotatable bonds is 2. The molecule has 1 saturated heterocycles. The minimum Gasteiger partial charge on any atom is -0.399 e. The molecule has 108 valence electrons. The first-order valence-corrected chi connectivity index (χ1v) is 6.75. The lowest BCUT2D eigenvalue weighted by Crippen LogP contribution is -2.44. The third-order valence-electron chi connectivity index (χ3n) is 3.85. The minimum atomic E-state index is -0.538. The number of carbonyl (C=O) groups is 1. The summed E-state index contributed by atoms with van der Waals surface area (Å²) in [4.78, 5) is 24.8. The van der Waals surface area contributed by atoms with E-state index in [2.05, 4.69) is 6.92 Å². The molecule has 0 bridgehead atoms. The van der Waals surface area contributed by atoms with E-state index in [0.29, 0.717) is 18.2 Å². The second-order valence-corrected chi connectivity index (χ2v) is 5.51. The topological polar surface area (TPSA) is 89.5 Å². The molecule has 2 unspecified atom stereocenters. The predicted octanol–water partition coefficient (Wildman–Crippen LogP) is 2.44. The van der Waals surface area contributed by atoms with Crippen molar-refractivity contribution in [3.05, 3.63) is 33.9 Å². The van der Waals surface area contributed by atoms with E-state index in [-0.39, 0.29) is 23.2 Å². The van der Waals surface area contributed by atoms with Gasteiger partial charge in [0, 0.05) is 24.3 Å². The Labute approximate surface area is 117 Å². The summed E-state index contributed by atoms with van der Waals surface area (Å²) >= 11 is 0. The Bertz CT molecular complexity index is 544. The van der Waals surface area contributed by atoms with Crippen molar-refractivity contribution in [2.75, 3.05) is 12.3 Å². The molecule has 1 aliphatic heterocycles. The Morgan fingerprint density at radius 1 is 1.45 bits per heavy atom. The molecule has 20 heavy (non-hydrogen) atoms. The second-order valence-electron chi connectivity index (χ2n) is 5.51. The Morgan fingerprint density at radius 3 is 2.75 bits per heavy atom. The molecule has 2 atom stereocenters. The van der Waals surface area contributed by atoms with Gasteiger partial charge in [-0.2, -0.15) is 0 Å². The third kappa shape index (κ3) is 2.74. The van der Waals surface area contributed by atoms with Crippen LogP contribution in [-0.4, -0.2) is 28.3 Å². The zero-order chi connectivity index (χ0) is 14.9. The average molecular weight is 277 g/mol. The monoisotopic (exact) mass is 277 g/mol. The number of nitrogens with two attached hydrogens (primary N) is 1. The zero-order valence-electron chi connectivity index (χ0n) is 11.7. The highest BCUT2D eigenvalue weighted by Crippen LogP contribution is 2.28. The van der Waals surface area contributed by atoms with Crippen molar-refractivity contribution < 1.29 is 9.72 Å². The number of likely N-dealkylation sites (tertiary alicyclic amines) is 1. The van der Waals surface area contributed by atoms with Gasteiger partial charge in [0.05, 0.1) is 4.92 Å². The van der Waals surface area contributed by atoms with Crippen molar-refractivity contribution in [3.8, 4) is 0 Å². The van der Waals surface area contributed by atoms with Crippen molar-refractivity contribution in [1.82, 2.24) is 4.90 Å². The summed E-state index contributed by atoms with van der Waals surface area (Å²) in [6, 6.07) is 4.22. The van der Waals surface area contributed by atoms with Gasteiger partial charge in [-0.3, -0.25) is 14.9 Å². The first-order chi connectivity index (χ1) is 9.40. The highest BCUT2D eigenvalue weighted by atomic mass is 16.6. The maximum atomic E-state index is 12.6. The molecule has 2 rings (SSSR count). The summed E-state index contributed by atoms with van der Waals surface area (Å²) in [5.74, 6) is 0.272. The van der Waals surface area contributed by atoms with Crippen LogP contribution in [0, 0.1) is 16.0 Å². The van der Waals surface area contributed by atoms with E-state index in [1.165, 1.54) is 18.2 Å². The van der Waals surface area contributed by atoms with Gasteiger partial charge in [0.15, 0.2) is 0 Å². The summed E-state index contributed by atoms with van der Waals surface area (Å²) in [7, 11) is 0. The SMILES string of the molecule is CC1CCN(C(=O)c2cc(N)ccc2[N+](=O)[O-])C(C)C1. The van der Waals surface area contributed by atoms with Crippen LogP contribution in [0.3, 0.4) is 0 Å². The van der Waals surface area contributed by atoms with Gasteiger partial charge in [-0.05, 0) is 37.8 Å². The molecular formula is C14H19N3O3. The molecule has 1 amide bonds. The molecule has 1 heterocycles. The van der Waals surface area contributed by atoms with Gasteiger partial charge in [-0.25, -0.2) is 0 Å². The number of nitrogens with zero attached hydrogens (tertiary/aromatic N) is 2. The van der Waals surface area contributed by atoms with E-state index < -0.39 is 4.92 Å². The zero-order valence-corrected chi connectivity index (χ0v) is 11.7. The summed E-state index contributed by atoms with van der Waals surface area (Å²) in [6.45, 7) is 4.76. The van der Waals surface area contributed by atoms with Gasteiger partial charge >= 0.3 is 0 Å².